The van der Waals surface area contributed by atoms with Gasteiger partial charge in [0.2, 0.25) is 5.91 Å². The topological polar surface area (TPSA) is 70.5 Å². The van der Waals surface area contributed by atoms with Gasteiger partial charge in [-0.25, -0.2) is 0 Å². The van der Waals surface area contributed by atoms with Crippen LogP contribution in [0.3, 0.4) is 0 Å². The van der Waals surface area contributed by atoms with Crippen LogP contribution < -0.4 is 0 Å². The van der Waals surface area contributed by atoms with E-state index >= 15 is 0 Å². The first-order valence-corrected chi connectivity index (χ1v) is 7.47. The van der Waals surface area contributed by atoms with Crippen molar-refractivity contribution >= 4 is 11.9 Å². The molecule has 21 heavy (non-hydrogen) atoms. The first kappa shape index (κ1) is 15.5. The average molecular weight is 290 g/mol. The highest BCUT2D eigenvalue weighted by Gasteiger charge is 2.43. The van der Waals surface area contributed by atoms with Crippen LogP contribution in [0.25, 0.3) is 0 Å². The van der Waals surface area contributed by atoms with Gasteiger partial charge in [0.15, 0.2) is 0 Å². The van der Waals surface area contributed by atoms with Gasteiger partial charge in [-0.05, 0) is 37.5 Å². The normalized spacial score (nSPS) is 16.6. The Labute approximate surface area is 125 Å². The van der Waals surface area contributed by atoms with Crippen molar-refractivity contribution in [3.05, 3.63) is 30.1 Å². The molecule has 114 valence electrons. The summed E-state index contributed by atoms with van der Waals surface area (Å²) in [5.41, 5.74) is 0.166. The second-order valence-corrected chi connectivity index (χ2v) is 5.73. The molecule has 0 saturated heterocycles. The number of aliphatic carboxylic acids is 1. The Morgan fingerprint density at radius 3 is 2.43 bits per heavy atom. The summed E-state index contributed by atoms with van der Waals surface area (Å²) in [6.45, 7) is 3.01. The minimum absolute atomic E-state index is 0.0707. The molecule has 0 atom stereocenters. The highest BCUT2D eigenvalue weighted by atomic mass is 16.4. The number of hydrogen-bond acceptors (Lipinski definition) is 3. The van der Waals surface area contributed by atoms with E-state index in [1.54, 1.807) is 17.3 Å². The van der Waals surface area contributed by atoms with Crippen LogP contribution in [0.5, 0.6) is 0 Å². The van der Waals surface area contributed by atoms with Crippen molar-refractivity contribution in [2.75, 3.05) is 6.54 Å². The number of nitrogens with zero attached hydrogens (tertiary/aromatic N) is 2. The third-order valence-electron chi connectivity index (χ3n) is 4.36. The van der Waals surface area contributed by atoms with Gasteiger partial charge in [0.25, 0.3) is 0 Å². The molecule has 1 saturated carbocycles. The molecule has 5 nitrogen and oxygen atoms in total. The number of aromatic nitrogens is 1. The van der Waals surface area contributed by atoms with Gasteiger partial charge in [-0.15, -0.1) is 0 Å². The first-order valence-electron chi connectivity index (χ1n) is 7.47. The van der Waals surface area contributed by atoms with Crippen molar-refractivity contribution in [3.63, 3.8) is 0 Å². The van der Waals surface area contributed by atoms with Crippen LogP contribution in [0, 0.1) is 5.41 Å². The number of carbonyl (C=O) groups excluding carboxylic acids is 1. The van der Waals surface area contributed by atoms with Gasteiger partial charge in [-0.3, -0.25) is 14.6 Å². The molecule has 2 rings (SSSR count). The average Bonchev–Trinajstić information content (AvgIpc) is 2.95. The van der Waals surface area contributed by atoms with Crippen LogP contribution in [0.4, 0.5) is 0 Å². The largest absolute Gasteiger partial charge is 0.481 e. The molecule has 1 aliphatic carbocycles. The van der Waals surface area contributed by atoms with Crippen molar-refractivity contribution in [1.82, 2.24) is 9.88 Å². The lowest BCUT2D eigenvalue weighted by atomic mass is 9.82. The quantitative estimate of drug-likeness (QED) is 0.873. The maximum atomic E-state index is 12.5. The third-order valence-corrected chi connectivity index (χ3v) is 4.36. The Bertz CT molecular complexity index is 496. The minimum Gasteiger partial charge on any atom is -0.481 e. The Kier molecular flexibility index (Phi) is 4.94. The lowest BCUT2D eigenvalue weighted by molar-refractivity contribution is -0.153. The van der Waals surface area contributed by atoms with Gasteiger partial charge in [0.05, 0.1) is 5.41 Å². The van der Waals surface area contributed by atoms with Crippen molar-refractivity contribution in [3.8, 4) is 0 Å². The molecule has 1 aromatic rings. The molecular formula is C16H22N2O3. The van der Waals surface area contributed by atoms with Gasteiger partial charge >= 0.3 is 5.97 Å². The summed E-state index contributed by atoms with van der Waals surface area (Å²) in [6.07, 6.45) is 6.53. The number of amides is 1. The maximum Gasteiger partial charge on any atom is 0.310 e. The second-order valence-electron chi connectivity index (χ2n) is 5.73. The van der Waals surface area contributed by atoms with E-state index in [1.807, 2.05) is 19.1 Å². The number of carboxylic acids is 1. The molecule has 1 amide bonds. The molecule has 5 heteroatoms. The van der Waals surface area contributed by atoms with Crippen molar-refractivity contribution in [2.24, 2.45) is 5.41 Å². The number of pyridine rings is 1. The zero-order valence-corrected chi connectivity index (χ0v) is 12.4. The molecule has 0 radical (unpaired) electrons. The molecule has 1 N–H and O–H groups in total. The van der Waals surface area contributed by atoms with Crippen LogP contribution in [-0.2, 0) is 16.1 Å². The van der Waals surface area contributed by atoms with E-state index in [4.69, 9.17) is 0 Å². The molecule has 1 aromatic heterocycles. The van der Waals surface area contributed by atoms with Crippen LogP contribution in [0.2, 0.25) is 0 Å². The molecule has 1 fully saturated rings. The predicted molar refractivity (Wildman–Crippen MR) is 78.5 cm³/mol. The summed E-state index contributed by atoms with van der Waals surface area (Å²) in [6, 6.07) is 3.75. The summed E-state index contributed by atoms with van der Waals surface area (Å²) < 4.78 is 0. The number of carbonyl (C=O) groups is 2. The van der Waals surface area contributed by atoms with Gasteiger partial charge in [-0.2, -0.15) is 0 Å². The van der Waals surface area contributed by atoms with Crippen molar-refractivity contribution in [1.29, 1.82) is 0 Å². The minimum atomic E-state index is -0.844. The van der Waals surface area contributed by atoms with E-state index in [-0.39, 0.29) is 12.3 Å². The monoisotopic (exact) mass is 290 g/mol. The zero-order valence-electron chi connectivity index (χ0n) is 12.4. The fourth-order valence-corrected chi connectivity index (χ4v) is 3.00. The molecule has 0 spiro atoms. The lowest BCUT2D eigenvalue weighted by Gasteiger charge is -2.28. The third kappa shape index (κ3) is 3.60. The van der Waals surface area contributed by atoms with E-state index in [0.29, 0.717) is 25.9 Å². The lowest BCUT2D eigenvalue weighted by Crippen LogP contribution is -2.38. The first-order chi connectivity index (χ1) is 10.1. The summed E-state index contributed by atoms with van der Waals surface area (Å²) in [4.78, 5) is 29.7. The molecule has 1 heterocycles. The molecular weight excluding hydrogens is 268 g/mol. The fourth-order valence-electron chi connectivity index (χ4n) is 3.00. The van der Waals surface area contributed by atoms with E-state index < -0.39 is 11.4 Å². The molecule has 1 aliphatic rings. The number of hydrogen-bond donors (Lipinski definition) is 1. The van der Waals surface area contributed by atoms with Crippen LogP contribution in [0.15, 0.2) is 24.5 Å². The summed E-state index contributed by atoms with van der Waals surface area (Å²) >= 11 is 0. The van der Waals surface area contributed by atoms with E-state index in [1.165, 1.54) is 0 Å². The highest BCUT2D eigenvalue weighted by molar-refractivity contribution is 5.85. The maximum absolute atomic E-state index is 12.5. The van der Waals surface area contributed by atoms with E-state index in [2.05, 4.69) is 4.98 Å². The Morgan fingerprint density at radius 1 is 1.29 bits per heavy atom. The van der Waals surface area contributed by atoms with Crippen LogP contribution in [0.1, 0.15) is 44.6 Å². The van der Waals surface area contributed by atoms with Crippen molar-refractivity contribution < 1.29 is 14.7 Å². The number of carboxylic acid groups (broad SMARTS) is 1. The summed E-state index contributed by atoms with van der Waals surface area (Å²) in [5, 5.41) is 9.48. The van der Waals surface area contributed by atoms with Crippen LogP contribution >= 0.6 is 0 Å². The SMILES string of the molecule is CCN(Cc1ccncc1)C(=O)CC1(C(=O)O)CCCC1. The highest BCUT2D eigenvalue weighted by Crippen LogP contribution is 2.41. The molecule has 0 aliphatic heterocycles. The summed E-state index contributed by atoms with van der Waals surface area (Å²) in [7, 11) is 0. The van der Waals surface area contributed by atoms with E-state index in [0.717, 1.165) is 18.4 Å². The number of rotatable bonds is 6. The van der Waals surface area contributed by atoms with Gasteiger partial charge in [-0.1, -0.05) is 12.8 Å². The Hall–Kier alpha value is -1.91. The smallest absolute Gasteiger partial charge is 0.310 e. The Morgan fingerprint density at radius 2 is 1.90 bits per heavy atom. The Balaban J connectivity index is 2.04. The second kappa shape index (κ2) is 6.70. The standard InChI is InChI=1S/C16H22N2O3/c1-2-18(12-13-5-9-17-10-6-13)14(19)11-16(15(20)21)7-3-4-8-16/h5-6,9-10H,2-4,7-8,11-12H2,1H3,(H,20,21). The molecule has 0 bridgehead atoms. The van der Waals surface area contributed by atoms with Gasteiger partial charge in [0.1, 0.15) is 0 Å². The molecule has 0 aromatic carbocycles. The summed E-state index contributed by atoms with van der Waals surface area (Å²) in [5.74, 6) is -0.896. The van der Waals surface area contributed by atoms with Gasteiger partial charge < -0.3 is 10.0 Å². The van der Waals surface area contributed by atoms with Gasteiger partial charge in [0, 0.05) is 31.9 Å². The van der Waals surface area contributed by atoms with E-state index in [9.17, 15) is 14.7 Å². The fraction of sp³-hybridized carbons (Fsp3) is 0.562. The van der Waals surface area contributed by atoms with Crippen molar-refractivity contribution in [2.45, 2.75) is 45.6 Å². The predicted octanol–water partition coefficient (Wildman–Crippen LogP) is 2.47. The molecule has 0 unspecified atom stereocenters. The van der Waals surface area contributed by atoms with Crippen LogP contribution in [-0.4, -0.2) is 33.4 Å². The zero-order chi connectivity index (χ0) is 15.3.